The normalized spacial score (nSPS) is 10.6. The highest BCUT2D eigenvalue weighted by Crippen LogP contribution is 2.17. The second-order valence-electron chi connectivity index (χ2n) is 4.37. The average Bonchev–Trinajstić information content (AvgIpc) is 2.81. The molecule has 0 aliphatic rings. The number of para-hydroxylation sites is 1. The fourth-order valence-corrected chi connectivity index (χ4v) is 1.99. The predicted octanol–water partition coefficient (Wildman–Crippen LogP) is 1.80. The van der Waals surface area contributed by atoms with E-state index in [2.05, 4.69) is 5.10 Å². The summed E-state index contributed by atoms with van der Waals surface area (Å²) in [5.41, 5.74) is 2.58. The van der Waals surface area contributed by atoms with E-state index in [1.165, 1.54) is 0 Å². The Morgan fingerprint density at radius 2 is 2.11 bits per heavy atom. The molecule has 0 aliphatic carbocycles. The number of benzene rings is 1. The number of aromatic carboxylic acids is 1. The van der Waals surface area contributed by atoms with Crippen molar-refractivity contribution in [1.82, 2.24) is 9.78 Å². The average molecular weight is 260 g/mol. The van der Waals surface area contributed by atoms with Gasteiger partial charge in [0.25, 0.3) is 0 Å². The van der Waals surface area contributed by atoms with Gasteiger partial charge in [0.2, 0.25) is 0 Å². The first-order chi connectivity index (χ1) is 9.13. The number of carboxylic acids is 1. The largest absolute Gasteiger partial charge is 0.476 e. The first-order valence-corrected chi connectivity index (χ1v) is 6.12. The van der Waals surface area contributed by atoms with Crippen LogP contribution in [0.3, 0.4) is 0 Å². The van der Waals surface area contributed by atoms with E-state index in [4.69, 9.17) is 10.2 Å². The summed E-state index contributed by atoms with van der Waals surface area (Å²) in [5.74, 6) is -1.04. The van der Waals surface area contributed by atoms with Gasteiger partial charge in [0.15, 0.2) is 5.69 Å². The standard InChI is InChI=1S/C14H16N2O3/c1-10-5-2-3-7-12(10)16-9-11(6-4-8-17)13(15-16)14(18)19/h2-3,5,7,9,17H,4,6,8H2,1H3,(H,18,19). The van der Waals surface area contributed by atoms with Crippen LogP contribution in [0, 0.1) is 6.92 Å². The van der Waals surface area contributed by atoms with Crippen molar-refractivity contribution in [3.05, 3.63) is 47.3 Å². The number of carbonyl (C=O) groups is 1. The zero-order chi connectivity index (χ0) is 13.8. The molecule has 2 rings (SSSR count). The van der Waals surface area contributed by atoms with E-state index in [-0.39, 0.29) is 12.3 Å². The lowest BCUT2D eigenvalue weighted by Gasteiger charge is -2.04. The molecule has 1 heterocycles. The van der Waals surface area contributed by atoms with Gasteiger partial charge in [-0.25, -0.2) is 9.48 Å². The minimum atomic E-state index is -1.04. The van der Waals surface area contributed by atoms with Gasteiger partial charge >= 0.3 is 5.97 Å². The molecule has 0 spiro atoms. The Morgan fingerprint density at radius 3 is 2.74 bits per heavy atom. The van der Waals surface area contributed by atoms with Crippen LogP contribution in [-0.4, -0.2) is 32.6 Å². The SMILES string of the molecule is Cc1ccccc1-n1cc(CCCO)c(C(=O)O)n1. The molecule has 0 radical (unpaired) electrons. The summed E-state index contributed by atoms with van der Waals surface area (Å²) in [4.78, 5) is 11.2. The minimum absolute atomic E-state index is 0.0363. The van der Waals surface area contributed by atoms with Gasteiger partial charge in [0.1, 0.15) is 0 Å². The Hall–Kier alpha value is -2.14. The number of carboxylic acid groups (broad SMARTS) is 1. The lowest BCUT2D eigenvalue weighted by molar-refractivity contribution is 0.0688. The molecule has 0 atom stereocenters. The van der Waals surface area contributed by atoms with Crippen LogP contribution in [-0.2, 0) is 6.42 Å². The quantitative estimate of drug-likeness (QED) is 0.859. The van der Waals surface area contributed by atoms with Crippen LogP contribution < -0.4 is 0 Å². The van der Waals surface area contributed by atoms with Crippen molar-refractivity contribution in [2.24, 2.45) is 0 Å². The van der Waals surface area contributed by atoms with Crippen molar-refractivity contribution in [3.63, 3.8) is 0 Å². The molecule has 1 aromatic carbocycles. The third kappa shape index (κ3) is 2.82. The summed E-state index contributed by atoms with van der Waals surface area (Å²) in [7, 11) is 0. The molecule has 0 amide bonds. The molecule has 2 aromatic rings. The molecule has 0 unspecified atom stereocenters. The van der Waals surface area contributed by atoms with E-state index in [0.717, 1.165) is 11.3 Å². The molecule has 19 heavy (non-hydrogen) atoms. The topological polar surface area (TPSA) is 75.4 Å². The maximum absolute atomic E-state index is 11.2. The maximum Gasteiger partial charge on any atom is 0.356 e. The first-order valence-electron chi connectivity index (χ1n) is 6.12. The highest BCUT2D eigenvalue weighted by atomic mass is 16.4. The monoisotopic (exact) mass is 260 g/mol. The van der Waals surface area contributed by atoms with Crippen LogP contribution in [0.2, 0.25) is 0 Å². The Kier molecular flexibility index (Phi) is 3.97. The van der Waals surface area contributed by atoms with Crippen LogP contribution in [0.25, 0.3) is 5.69 Å². The summed E-state index contributed by atoms with van der Waals surface area (Å²) in [6, 6.07) is 7.65. The second-order valence-corrected chi connectivity index (χ2v) is 4.37. The predicted molar refractivity (Wildman–Crippen MR) is 70.7 cm³/mol. The molecular weight excluding hydrogens is 244 g/mol. The van der Waals surface area contributed by atoms with Crippen LogP contribution in [0.1, 0.15) is 28.0 Å². The van der Waals surface area contributed by atoms with Gasteiger partial charge < -0.3 is 10.2 Å². The van der Waals surface area contributed by atoms with E-state index in [1.807, 2.05) is 31.2 Å². The van der Waals surface area contributed by atoms with E-state index in [9.17, 15) is 4.79 Å². The van der Waals surface area contributed by atoms with Crippen molar-refractivity contribution in [3.8, 4) is 5.69 Å². The maximum atomic E-state index is 11.2. The Balaban J connectivity index is 2.43. The third-order valence-corrected chi connectivity index (χ3v) is 2.96. The Morgan fingerprint density at radius 1 is 1.37 bits per heavy atom. The number of hydrogen-bond donors (Lipinski definition) is 2. The molecule has 5 heteroatoms. The highest BCUT2D eigenvalue weighted by molar-refractivity contribution is 5.87. The number of aromatic nitrogens is 2. The van der Waals surface area contributed by atoms with Crippen LogP contribution in [0.15, 0.2) is 30.5 Å². The van der Waals surface area contributed by atoms with Crippen LogP contribution in [0.5, 0.6) is 0 Å². The fraction of sp³-hybridized carbons (Fsp3) is 0.286. The van der Waals surface area contributed by atoms with E-state index < -0.39 is 5.97 Å². The van der Waals surface area contributed by atoms with Gasteiger partial charge in [-0.2, -0.15) is 5.10 Å². The van der Waals surface area contributed by atoms with Crippen LogP contribution >= 0.6 is 0 Å². The molecule has 5 nitrogen and oxygen atoms in total. The summed E-state index contributed by atoms with van der Waals surface area (Å²) in [5, 5.41) is 22.1. The number of aliphatic hydroxyl groups excluding tert-OH is 1. The van der Waals surface area contributed by atoms with Crippen molar-refractivity contribution >= 4 is 5.97 Å². The van der Waals surface area contributed by atoms with E-state index in [1.54, 1.807) is 10.9 Å². The summed E-state index contributed by atoms with van der Waals surface area (Å²) in [6.07, 6.45) is 2.76. The summed E-state index contributed by atoms with van der Waals surface area (Å²) >= 11 is 0. The van der Waals surface area contributed by atoms with Crippen LogP contribution in [0.4, 0.5) is 0 Å². The summed E-state index contributed by atoms with van der Waals surface area (Å²) in [6.45, 7) is 1.99. The van der Waals surface area contributed by atoms with Crippen molar-refractivity contribution < 1.29 is 15.0 Å². The van der Waals surface area contributed by atoms with Crippen molar-refractivity contribution in [2.75, 3.05) is 6.61 Å². The first kappa shape index (κ1) is 13.3. The summed E-state index contributed by atoms with van der Waals surface area (Å²) < 4.78 is 1.59. The fourth-order valence-electron chi connectivity index (χ4n) is 1.99. The van der Waals surface area contributed by atoms with Gasteiger partial charge in [0.05, 0.1) is 5.69 Å². The van der Waals surface area contributed by atoms with Gasteiger partial charge in [-0.05, 0) is 31.4 Å². The number of aryl methyl sites for hydroxylation is 2. The van der Waals surface area contributed by atoms with Crippen molar-refractivity contribution in [1.29, 1.82) is 0 Å². The molecule has 0 saturated carbocycles. The number of aliphatic hydroxyl groups is 1. The Labute approximate surface area is 111 Å². The smallest absolute Gasteiger partial charge is 0.356 e. The van der Waals surface area contributed by atoms with Gasteiger partial charge in [0, 0.05) is 18.4 Å². The van der Waals surface area contributed by atoms with E-state index >= 15 is 0 Å². The number of nitrogens with zero attached hydrogens (tertiary/aromatic N) is 2. The van der Waals surface area contributed by atoms with Crippen molar-refractivity contribution in [2.45, 2.75) is 19.8 Å². The molecule has 0 saturated heterocycles. The lowest BCUT2D eigenvalue weighted by atomic mass is 10.1. The molecule has 0 fully saturated rings. The van der Waals surface area contributed by atoms with Gasteiger partial charge in [-0.1, -0.05) is 18.2 Å². The van der Waals surface area contributed by atoms with Gasteiger partial charge in [-0.3, -0.25) is 0 Å². The lowest BCUT2D eigenvalue weighted by Crippen LogP contribution is -2.03. The third-order valence-electron chi connectivity index (χ3n) is 2.96. The Bertz CT molecular complexity index is 590. The molecule has 0 aliphatic heterocycles. The number of rotatable bonds is 5. The second kappa shape index (κ2) is 5.67. The number of hydrogen-bond acceptors (Lipinski definition) is 3. The zero-order valence-electron chi connectivity index (χ0n) is 10.7. The van der Waals surface area contributed by atoms with E-state index in [0.29, 0.717) is 18.4 Å². The molecule has 100 valence electrons. The molecule has 2 N–H and O–H groups in total. The minimum Gasteiger partial charge on any atom is -0.476 e. The molecular formula is C14H16N2O3. The molecule has 1 aromatic heterocycles. The highest BCUT2D eigenvalue weighted by Gasteiger charge is 2.16. The molecule has 0 bridgehead atoms. The van der Waals surface area contributed by atoms with Gasteiger partial charge in [-0.15, -0.1) is 0 Å². The zero-order valence-corrected chi connectivity index (χ0v) is 10.7.